The molecule has 7 heteroatoms. The third kappa shape index (κ3) is 3.02. The molecule has 0 radical (unpaired) electrons. The van der Waals surface area contributed by atoms with Crippen molar-refractivity contribution in [2.45, 2.75) is 0 Å². The number of hydrogen-bond donors (Lipinski definition) is 0. The molecule has 1 aliphatic heterocycles. The van der Waals surface area contributed by atoms with E-state index in [2.05, 4.69) is 0 Å². The summed E-state index contributed by atoms with van der Waals surface area (Å²) in [6.45, 7) is 2.55. The first-order valence-corrected chi connectivity index (χ1v) is 8.74. The molecule has 3 aromatic rings. The lowest BCUT2D eigenvalue weighted by atomic mass is 10.1. The van der Waals surface area contributed by atoms with Gasteiger partial charge in [-0.25, -0.2) is 4.98 Å². The summed E-state index contributed by atoms with van der Waals surface area (Å²) < 4.78 is 12.3. The van der Waals surface area contributed by atoms with E-state index in [4.69, 9.17) is 26.1 Å². The van der Waals surface area contributed by atoms with Crippen molar-refractivity contribution >= 4 is 23.1 Å². The van der Waals surface area contributed by atoms with E-state index in [1.165, 1.54) is 11.5 Å². The Morgan fingerprint density at radius 3 is 2.65 bits per heavy atom. The van der Waals surface area contributed by atoms with Crippen molar-refractivity contribution in [2.24, 2.45) is 0 Å². The van der Waals surface area contributed by atoms with Gasteiger partial charge in [0.15, 0.2) is 5.82 Å². The Bertz CT molecular complexity index is 1010. The quantitative estimate of drug-likeness (QED) is 0.708. The van der Waals surface area contributed by atoms with Crippen LogP contribution in [0.1, 0.15) is 0 Å². The number of ether oxygens (including phenoxy) is 2. The number of hydrogen-bond acceptors (Lipinski definition) is 5. The van der Waals surface area contributed by atoms with Crippen LogP contribution in [-0.2, 0) is 4.74 Å². The first-order valence-electron chi connectivity index (χ1n) is 8.36. The Labute approximate surface area is 155 Å². The van der Waals surface area contributed by atoms with E-state index >= 15 is 0 Å². The Morgan fingerprint density at radius 1 is 1.15 bits per heavy atom. The number of pyridine rings is 1. The first kappa shape index (κ1) is 16.9. The molecule has 0 aliphatic carbocycles. The number of benzene rings is 1. The average molecular weight is 372 g/mol. The zero-order valence-electron chi connectivity index (χ0n) is 14.3. The van der Waals surface area contributed by atoms with Gasteiger partial charge < -0.3 is 14.4 Å². The minimum absolute atomic E-state index is 0.225. The third-order valence-corrected chi connectivity index (χ3v) is 4.68. The van der Waals surface area contributed by atoms with Gasteiger partial charge in [-0.2, -0.15) is 0 Å². The number of morpholine rings is 1. The molecule has 1 saturated heterocycles. The van der Waals surface area contributed by atoms with Crippen LogP contribution >= 0.6 is 11.6 Å². The number of methoxy groups -OCH3 is 1. The number of anilines is 1. The van der Waals surface area contributed by atoms with E-state index in [9.17, 15) is 4.79 Å². The highest BCUT2D eigenvalue weighted by atomic mass is 35.5. The van der Waals surface area contributed by atoms with Crippen LogP contribution in [0.5, 0.6) is 5.75 Å². The number of rotatable bonds is 3. The van der Waals surface area contributed by atoms with E-state index in [1.807, 2.05) is 41.3 Å². The van der Waals surface area contributed by atoms with Gasteiger partial charge >= 0.3 is 5.56 Å². The van der Waals surface area contributed by atoms with Crippen molar-refractivity contribution in [3.63, 3.8) is 0 Å². The fraction of sp³-hybridized carbons (Fsp3) is 0.263. The van der Waals surface area contributed by atoms with E-state index in [0.29, 0.717) is 42.8 Å². The second-order valence-electron chi connectivity index (χ2n) is 6.03. The van der Waals surface area contributed by atoms with Crippen molar-refractivity contribution in [1.29, 1.82) is 0 Å². The summed E-state index contributed by atoms with van der Waals surface area (Å²) in [5.41, 5.74) is 2.25. The van der Waals surface area contributed by atoms with Gasteiger partial charge in [0.2, 0.25) is 5.75 Å². The average Bonchev–Trinajstić information content (AvgIpc) is 2.68. The Hall–Kier alpha value is -2.57. The SMILES string of the molecule is COc1c(N2CCOCC2)nc2cc(-c3cccc(Cl)c3)ccn2c1=O. The lowest BCUT2D eigenvalue weighted by Crippen LogP contribution is -2.38. The predicted molar refractivity (Wildman–Crippen MR) is 101 cm³/mol. The van der Waals surface area contributed by atoms with Crippen LogP contribution in [-0.4, -0.2) is 42.8 Å². The molecule has 4 rings (SSSR count). The van der Waals surface area contributed by atoms with Crippen LogP contribution < -0.4 is 15.2 Å². The van der Waals surface area contributed by atoms with Gasteiger partial charge in [0.25, 0.3) is 0 Å². The molecule has 3 heterocycles. The number of nitrogens with zero attached hydrogens (tertiary/aromatic N) is 3. The summed E-state index contributed by atoms with van der Waals surface area (Å²) in [7, 11) is 1.50. The highest BCUT2D eigenvalue weighted by Gasteiger charge is 2.21. The van der Waals surface area contributed by atoms with Crippen molar-refractivity contribution < 1.29 is 9.47 Å². The Kier molecular flexibility index (Phi) is 4.53. The van der Waals surface area contributed by atoms with Crippen molar-refractivity contribution in [3.8, 4) is 16.9 Å². The van der Waals surface area contributed by atoms with Gasteiger partial charge in [-0.3, -0.25) is 9.20 Å². The molecule has 0 N–H and O–H groups in total. The molecule has 0 bridgehead atoms. The maximum atomic E-state index is 12.8. The zero-order chi connectivity index (χ0) is 18.1. The highest BCUT2D eigenvalue weighted by molar-refractivity contribution is 6.30. The topological polar surface area (TPSA) is 56.1 Å². The standard InChI is InChI=1S/C19H18ClN3O3/c1-25-17-18(22-7-9-26-10-8-22)21-16-12-14(5-6-23(16)19(17)24)13-3-2-4-15(20)11-13/h2-6,11-12H,7-10H2,1H3. The Balaban J connectivity index is 1.88. The molecule has 26 heavy (non-hydrogen) atoms. The fourth-order valence-corrected chi connectivity index (χ4v) is 3.32. The molecule has 0 unspecified atom stereocenters. The maximum absolute atomic E-state index is 12.8. The van der Waals surface area contributed by atoms with Crippen LogP contribution in [0.2, 0.25) is 5.02 Å². The lowest BCUT2D eigenvalue weighted by Gasteiger charge is -2.28. The van der Waals surface area contributed by atoms with Crippen molar-refractivity contribution in [3.05, 3.63) is 58.0 Å². The van der Waals surface area contributed by atoms with Crippen molar-refractivity contribution in [1.82, 2.24) is 9.38 Å². The van der Waals surface area contributed by atoms with Crippen LogP contribution in [0.4, 0.5) is 5.82 Å². The summed E-state index contributed by atoms with van der Waals surface area (Å²) >= 11 is 6.10. The van der Waals surface area contributed by atoms with E-state index in [1.54, 1.807) is 6.20 Å². The molecular weight excluding hydrogens is 354 g/mol. The number of aromatic nitrogens is 2. The molecule has 0 atom stereocenters. The van der Waals surface area contributed by atoms with E-state index in [0.717, 1.165) is 11.1 Å². The van der Waals surface area contributed by atoms with Gasteiger partial charge in [0.05, 0.1) is 20.3 Å². The van der Waals surface area contributed by atoms with Gasteiger partial charge in [0, 0.05) is 24.3 Å². The Morgan fingerprint density at radius 2 is 1.92 bits per heavy atom. The van der Waals surface area contributed by atoms with Crippen molar-refractivity contribution in [2.75, 3.05) is 38.3 Å². The van der Waals surface area contributed by atoms with Crippen LogP contribution in [0.3, 0.4) is 0 Å². The largest absolute Gasteiger partial charge is 0.488 e. The molecular formula is C19H18ClN3O3. The maximum Gasteiger partial charge on any atom is 0.302 e. The second-order valence-corrected chi connectivity index (χ2v) is 6.46. The monoisotopic (exact) mass is 371 g/mol. The minimum atomic E-state index is -0.225. The molecule has 1 fully saturated rings. The molecule has 1 aliphatic rings. The van der Waals surface area contributed by atoms with Gasteiger partial charge in [-0.1, -0.05) is 23.7 Å². The van der Waals surface area contributed by atoms with E-state index in [-0.39, 0.29) is 11.3 Å². The second kappa shape index (κ2) is 6.97. The normalized spacial score (nSPS) is 14.6. The molecule has 0 spiro atoms. The molecule has 134 valence electrons. The minimum Gasteiger partial charge on any atom is -0.488 e. The summed E-state index contributed by atoms with van der Waals surface area (Å²) in [6.07, 6.45) is 1.71. The van der Waals surface area contributed by atoms with Crippen LogP contribution in [0.25, 0.3) is 16.8 Å². The molecule has 0 saturated carbocycles. The zero-order valence-corrected chi connectivity index (χ0v) is 15.1. The third-order valence-electron chi connectivity index (χ3n) is 4.44. The molecule has 1 aromatic carbocycles. The van der Waals surface area contributed by atoms with E-state index < -0.39 is 0 Å². The van der Waals surface area contributed by atoms with Crippen LogP contribution in [0, 0.1) is 0 Å². The molecule has 6 nitrogen and oxygen atoms in total. The lowest BCUT2D eigenvalue weighted by molar-refractivity contribution is 0.122. The van der Waals surface area contributed by atoms with Gasteiger partial charge in [-0.15, -0.1) is 0 Å². The molecule has 2 aromatic heterocycles. The summed E-state index contributed by atoms with van der Waals surface area (Å²) in [4.78, 5) is 19.6. The van der Waals surface area contributed by atoms with Crippen LogP contribution in [0.15, 0.2) is 47.4 Å². The number of halogens is 1. The predicted octanol–water partition coefficient (Wildman–Crippen LogP) is 2.86. The summed E-state index contributed by atoms with van der Waals surface area (Å²) in [6, 6.07) is 11.3. The smallest absolute Gasteiger partial charge is 0.302 e. The van der Waals surface area contributed by atoms with Gasteiger partial charge in [0.1, 0.15) is 5.65 Å². The summed E-state index contributed by atoms with van der Waals surface area (Å²) in [5.74, 6) is 0.809. The summed E-state index contributed by atoms with van der Waals surface area (Å²) in [5, 5.41) is 0.663. The highest BCUT2D eigenvalue weighted by Crippen LogP contribution is 2.27. The fourth-order valence-electron chi connectivity index (χ4n) is 3.13. The number of fused-ring (bicyclic) bond motifs is 1. The first-order chi connectivity index (χ1) is 12.7. The van der Waals surface area contributed by atoms with Gasteiger partial charge in [-0.05, 0) is 35.4 Å². The molecule has 0 amide bonds.